The van der Waals surface area contributed by atoms with Gasteiger partial charge in [0.15, 0.2) is 0 Å². The molecule has 3 nitrogen and oxygen atoms in total. The van der Waals surface area contributed by atoms with Gasteiger partial charge in [-0.05, 0) is 44.5 Å². The molecule has 1 aliphatic rings. The topological polar surface area (TPSA) is 32.3 Å². The third kappa shape index (κ3) is 3.90. The molecule has 0 spiro atoms. The number of nitrogens with zero attached hydrogens (tertiary/aromatic N) is 1. The molecule has 2 rings (SSSR count). The van der Waals surface area contributed by atoms with Crippen LogP contribution in [0.15, 0.2) is 30.3 Å². The normalized spacial score (nSPS) is 16.8. The van der Waals surface area contributed by atoms with Gasteiger partial charge in [-0.1, -0.05) is 18.2 Å². The van der Waals surface area contributed by atoms with Crippen LogP contribution < -0.4 is 5.32 Å². The van der Waals surface area contributed by atoms with Gasteiger partial charge in [0.1, 0.15) is 5.82 Å². The summed E-state index contributed by atoms with van der Waals surface area (Å²) in [6.45, 7) is 2.58. The van der Waals surface area contributed by atoms with Gasteiger partial charge in [-0.25, -0.2) is 4.39 Å². The molecule has 0 unspecified atom stereocenters. The number of amides is 1. The van der Waals surface area contributed by atoms with Gasteiger partial charge < -0.3 is 10.2 Å². The van der Waals surface area contributed by atoms with Crippen molar-refractivity contribution in [2.45, 2.75) is 12.8 Å². The highest BCUT2D eigenvalue weighted by molar-refractivity contribution is 5.91. The number of hydrogen-bond donors (Lipinski definition) is 1. The van der Waals surface area contributed by atoms with Crippen molar-refractivity contribution in [2.75, 3.05) is 26.7 Å². The van der Waals surface area contributed by atoms with E-state index in [1.54, 1.807) is 24.3 Å². The summed E-state index contributed by atoms with van der Waals surface area (Å²) in [5.74, 6) is 0.319. The van der Waals surface area contributed by atoms with Crippen molar-refractivity contribution in [1.82, 2.24) is 10.2 Å². The van der Waals surface area contributed by atoms with Gasteiger partial charge in [0.25, 0.3) is 0 Å². The summed E-state index contributed by atoms with van der Waals surface area (Å²) in [6, 6.07) is 6.46. The van der Waals surface area contributed by atoms with Crippen molar-refractivity contribution < 1.29 is 9.18 Å². The van der Waals surface area contributed by atoms with Gasteiger partial charge in [-0.3, -0.25) is 4.79 Å². The Bertz CT molecular complexity index is 479. The summed E-state index contributed by atoms with van der Waals surface area (Å²) in [4.78, 5) is 13.9. The Morgan fingerprint density at radius 2 is 2.10 bits per heavy atom. The predicted octanol–water partition coefficient (Wildman–Crippen LogP) is 2.30. The van der Waals surface area contributed by atoms with Crippen LogP contribution in [-0.4, -0.2) is 37.5 Å². The Hall–Kier alpha value is -1.68. The Morgan fingerprint density at radius 1 is 1.40 bits per heavy atom. The quantitative estimate of drug-likeness (QED) is 0.856. The molecular formula is C16H21FN2O. The van der Waals surface area contributed by atoms with E-state index in [1.165, 1.54) is 12.1 Å². The van der Waals surface area contributed by atoms with Gasteiger partial charge in [0.2, 0.25) is 5.91 Å². The number of carbonyl (C=O) groups is 1. The first-order valence-electron chi connectivity index (χ1n) is 7.07. The minimum Gasteiger partial charge on any atom is -0.339 e. The van der Waals surface area contributed by atoms with Crippen LogP contribution in [-0.2, 0) is 4.79 Å². The molecule has 1 aromatic carbocycles. The van der Waals surface area contributed by atoms with Gasteiger partial charge in [0, 0.05) is 24.7 Å². The Labute approximate surface area is 119 Å². The van der Waals surface area contributed by atoms with Gasteiger partial charge >= 0.3 is 0 Å². The second-order valence-corrected chi connectivity index (χ2v) is 5.18. The number of nitrogens with one attached hydrogen (secondary N) is 1. The van der Waals surface area contributed by atoms with E-state index >= 15 is 0 Å². The molecule has 0 radical (unpaired) electrons. The minimum absolute atomic E-state index is 0.0313. The summed E-state index contributed by atoms with van der Waals surface area (Å²) in [5, 5.41) is 3.18. The lowest BCUT2D eigenvalue weighted by Gasteiger charge is -2.31. The summed E-state index contributed by atoms with van der Waals surface area (Å²) in [5.41, 5.74) is 0.450. The molecule has 0 saturated carbocycles. The fourth-order valence-electron chi connectivity index (χ4n) is 2.52. The van der Waals surface area contributed by atoms with Gasteiger partial charge in [0.05, 0.1) is 0 Å². The summed E-state index contributed by atoms with van der Waals surface area (Å²) in [6.07, 6.45) is 5.08. The molecule has 1 fully saturated rings. The van der Waals surface area contributed by atoms with Crippen molar-refractivity contribution in [3.8, 4) is 0 Å². The maximum atomic E-state index is 13.4. The first-order chi connectivity index (χ1) is 9.70. The van der Waals surface area contributed by atoms with Crippen molar-refractivity contribution in [3.63, 3.8) is 0 Å². The van der Waals surface area contributed by atoms with Crippen LogP contribution >= 0.6 is 0 Å². The van der Waals surface area contributed by atoms with Crippen molar-refractivity contribution in [2.24, 2.45) is 5.92 Å². The molecule has 1 amide bonds. The van der Waals surface area contributed by atoms with E-state index in [-0.39, 0.29) is 11.7 Å². The molecule has 1 heterocycles. The minimum atomic E-state index is -0.302. The zero-order valence-electron chi connectivity index (χ0n) is 11.8. The van der Waals surface area contributed by atoms with E-state index in [2.05, 4.69) is 5.32 Å². The van der Waals surface area contributed by atoms with Crippen LogP contribution in [0.1, 0.15) is 18.4 Å². The van der Waals surface area contributed by atoms with E-state index in [9.17, 15) is 9.18 Å². The molecule has 108 valence electrons. The van der Waals surface area contributed by atoms with E-state index in [1.807, 2.05) is 11.9 Å². The number of hydrogen-bond acceptors (Lipinski definition) is 2. The summed E-state index contributed by atoms with van der Waals surface area (Å²) in [7, 11) is 1.95. The number of likely N-dealkylation sites (tertiary alicyclic amines) is 1. The number of halogens is 1. The molecule has 1 saturated heterocycles. The Balaban J connectivity index is 1.88. The van der Waals surface area contributed by atoms with Crippen LogP contribution in [0.2, 0.25) is 0 Å². The van der Waals surface area contributed by atoms with Crippen LogP contribution in [0.4, 0.5) is 4.39 Å². The average molecular weight is 276 g/mol. The van der Waals surface area contributed by atoms with Crippen molar-refractivity contribution in [3.05, 3.63) is 41.7 Å². The zero-order valence-corrected chi connectivity index (χ0v) is 11.8. The lowest BCUT2D eigenvalue weighted by atomic mass is 9.97. The van der Waals surface area contributed by atoms with Crippen LogP contribution in [0.5, 0.6) is 0 Å². The lowest BCUT2D eigenvalue weighted by molar-refractivity contribution is -0.127. The van der Waals surface area contributed by atoms with Gasteiger partial charge in [-0.15, -0.1) is 0 Å². The molecule has 4 heteroatoms. The SMILES string of the molecule is CNCC1CCN(C(=O)/C=C/c2ccccc2F)CC1. The first-order valence-corrected chi connectivity index (χ1v) is 7.07. The summed E-state index contributed by atoms with van der Waals surface area (Å²) < 4.78 is 13.4. The van der Waals surface area contributed by atoms with Gasteiger partial charge in [-0.2, -0.15) is 0 Å². The number of rotatable bonds is 4. The van der Waals surface area contributed by atoms with Crippen molar-refractivity contribution >= 4 is 12.0 Å². The molecule has 20 heavy (non-hydrogen) atoms. The number of piperidine rings is 1. The van der Waals surface area contributed by atoms with Crippen LogP contribution in [0, 0.1) is 11.7 Å². The number of benzene rings is 1. The molecule has 1 aliphatic heterocycles. The Morgan fingerprint density at radius 3 is 2.75 bits per heavy atom. The van der Waals surface area contributed by atoms with E-state index in [4.69, 9.17) is 0 Å². The maximum absolute atomic E-state index is 13.4. The molecule has 0 aromatic heterocycles. The highest BCUT2D eigenvalue weighted by Crippen LogP contribution is 2.17. The fourth-order valence-corrected chi connectivity index (χ4v) is 2.52. The number of carbonyl (C=O) groups excluding carboxylic acids is 1. The molecule has 0 bridgehead atoms. The standard InChI is InChI=1S/C16H21FN2O/c1-18-12-13-8-10-19(11-9-13)16(20)7-6-14-4-2-3-5-15(14)17/h2-7,13,18H,8-12H2,1H3/b7-6+. The van der Waals surface area contributed by atoms with E-state index in [0.29, 0.717) is 11.5 Å². The molecule has 1 aromatic rings. The molecule has 0 aliphatic carbocycles. The largest absolute Gasteiger partial charge is 0.339 e. The van der Waals surface area contributed by atoms with Crippen LogP contribution in [0.3, 0.4) is 0 Å². The lowest BCUT2D eigenvalue weighted by Crippen LogP contribution is -2.39. The first kappa shape index (κ1) is 14.7. The monoisotopic (exact) mass is 276 g/mol. The third-order valence-corrected chi connectivity index (χ3v) is 3.73. The smallest absolute Gasteiger partial charge is 0.246 e. The zero-order chi connectivity index (χ0) is 14.4. The summed E-state index contributed by atoms with van der Waals surface area (Å²) >= 11 is 0. The third-order valence-electron chi connectivity index (χ3n) is 3.73. The fraction of sp³-hybridized carbons (Fsp3) is 0.438. The highest BCUT2D eigenvalue weighted by atomic mass is 19.1. The maximum Gasteiger partial charge on any atom is 0.246 e. The van der Waals surface area contributed by atoms with E-state index < -0.39 is 0 Å². The second-order valence-electron chi connectivity index (χ2n) is 5.18. The highest BCUT2D eigenvalue weighted by Gasteiger charge is 2.20. The predicted molar refractivity (Wildman–Crippen MR) is 78.7 cm³/mol. The van der Waals surface area contributed by atoms with Crippen molar-refractivity contribution in [1.29, 1.82) is 0 Å². The second kappa shape index (κ2) is 7.20. The Kier molecular flexibility index (Phi) is 5.30. The average Bonchev–Trinajstić information content (AvgIpc) is 2.47. The van der Waals surface area contributed by atoms with E-state index in [0.717, 1.165) is 32.5 Å². The van der Waals surface area contributed by atoms with Crippen LogP contribution in [0.25, 0.3) is 6.08 Å². The molecule has 1 N–H and O–H groups in total. The molecular weight excluding hydrogens is 255 g/mol. The molecule has 0 atom stereocenters.